The Kier molecular flexibility index (Phi) is 4.18. The Morgan fingerprint density at radius 1 is 1.33 bits per heavy atom. The molecule has 0 bridgehead atoms. The Balaban J connectivity index is 2.47. The number of carboxylic acid groups (broad SMARTS) is 1. The second-order valence-electron chi connectivity index (χ2n) is 6.09. The van der Waals surface area contributed by atoms with Gasteiger partial charge < -0.3 is 5.11 Å². The molecule has 2 heteroatoms. The summed E-state index contributed by atoms with van der Waals surface area (Å²) in [6.07, 6.45) is 6.57. The lowest BCUT2D eigenvalue weighted by Gasteiger charge is -2.24. The molecular weight excluding hydrogens is 188 g/mol. The van der Waals surface area contributed by atoms with Crippen LogP contribution in [0, 0.1) is 17.3 Å². The Labute approximate surface area is 93.1 Å². The van der Waals surface area contributed by atoms with Gasteiger partial charge in [-0.3, -0.25) is 4.79 Å². The van der Waals surface area contributed by atoms with Crippen LogP contribution in [0.1, 0.15) is 59.3 Å². The number of hydrogen-bond donors (Lipinski definition) is 1. The van der Waals surface area contributed by atoms with E-state index in [-0.39, 0.29) is 11.3 Å². The van der Waals surface area contributed by atoms with Gasteiger partial charge in [0.05, 0.1) is 5.92 Å². The summed E-state index contributed by atoms with van der Waals surface area (Å²) in [5, 5.41) is 9.23. The summed E-state index contributed by atoms with van der Waals surface area (Å²) < 4.78 is 0. The molecule has 1 N–H and O–H groups in total. The molecule has 0 spiro atoms. The number of carboxylic acids is 1. The highest BCUT2D eigenvalue weighted by atomic mass is 16.4. The van der Waals surface area contributed by atoms with Crippen LogP contribution in [0.2, 0.25) is 0 Å². The zero-order valence-electron chi connectivity index (χ0n) is 10.3. The van der Waals surface area contributed by atoms with Crippen LogP contribution >= 0.6 is 0 Å². The molecule has 1 aliphatic rings. The highest BCUT2D eigenvalue weighted by Crippen LogP contribution is 2.36. The first-order valence-electron chi connectivity index (χ1n) is 6.13. The van der Waals surface area contributed by atoms with Gasteiger partial charge in [0, 0.05) is 0 Å². The quantitative estimate of drug-likeness (QED) is 0.771. The van der Waals surface area contributed by atoms with Gasteiger partial charge in [-0.05, 0) is 37.0 Å². The van der Waals surface area contributed by atoms with E-state index >= 15 is 0 Å². The third-order valence-electron chi connectivity index (χ3n) is 3.49. The zero-order valence-corrected chi connectivity index (χ0v) is 10.3. The molecule has 0 heterocycles. The Morgan fingerprint density at radius 3 is 2.27 bits per heavy atom. The largest absolute Gasteiger partial charge is 0.481 e. The summed E-state index contributed by atoms with van der Waals surface area (Å²) in [6.45, 7) is 6.54. The van der Waals surface area contributed by atoms with Crippen LogP contribution in [0.15, 0.2) is 0 Å². The van der Waals surface area contributed by atoms with Crippen molar-refractivity contribution in [1.82, 2.24) is 0 Å². The Morgan fingerprint density at radius 2 is 1.87 bits per heavy atom. The van der Waals surface area contributed by atoms with E-state index in [1.165, 1.54) is 12.8 Å². The van der Waals surface area contributed by atoms with Crippen LogP contribution in [0.4, 0.5) is 0 Å². The summed E-state index contributed by atoms with van der Waals surface area (Å²) >= 11 is 0. The van der Waals surface area contributed by atoms with E-state index in [9.17, 15) is 9.90 Å². The minimum atomic E-state index is -0.578. The minimum Gasteiger partial charge on any atom is -0.481 e. The summed E-state index contributed by atoms with van der Waals surface area (Å²) in [7, 11) is 0. The molecule has 0 amide bonds. The van der Waals surface area contributed by atoms with Crippen LogP contribution < -0.4 is 0 Å². The van der Waals surface area contributed by atoms with Crippen LogP contribution in [0.5, 0.6) is 0 Å². The molecule has 0 aliphatic heterocycles. The van der Waals surface area contributed by atoms with E-state index in [1.807, 2.05) is 0 Å². The predicted octanol–water partition coefficient (Wildman–Crippen LogP) is 3.70. The van der Waals surface area contributed by atoms with Gasteiger partial charge in [-0.1, -0.05) is 33.6 Å². The molecule has 2 nitrogen and oxygen atoms in total. The second-order valence-corrected chi connectivity index (χ2v) is 6.09. The van der Waals surface area contributed by atoms with Crippen LogP contribution in [-0.2, 0) is 4.79 Å². The van der Waals surface area contributed by atoms with Crippen molar-refractivity contribution < 1.29 is 9.90 Å². The molecule has 1 saturated carbocycles. The van der Waals surface area contributed by atoms with Crippen molar-refractivity contribution in [3.8, 4) is 0 Å². The smallest absolute Gasteiger partial charge is 0.306 e. The van der Waals surface area contributed by atoms with Crippen LogP contribution in [-0.4, -0.2) is 11.1 Å². The predicted molar refractivity (Wildman–Crippen MR) is 61.8 cm³/mol. The molecule has 1 fully saturated rings. The van der Waals surface area contributed by atoms with Crippen LogP contribution in [0.25, 0.3) is 0 Å². The van der Waals surface area contributed by atoms with Crippen molar-refractivity contribution in [1.29, 1.82) is 0 Å². The molecule has 1 atom stereocenters. The molecule has 0 aromatic heterocycles. The first kappa shape index (κ1) is 12.5. The highest BCUT2D eigenvalue weighted by Gasteiger charge is 2.31. The van der Waals surface area contributed by atoms with Gasteiger partial charge in [0.1, 0.15) is 0 Å². The SMILES string of the molecule is CC(C)(C)CCC(C(=O)O)C1CCCC1. The van der Waals surface area contributed by atoms with Crippen molar-refractivity contribution in [2.24, 2.45) is 17.3 Å². The fourth-order valence-electron chi connectivity index (χ4n) is 2.51. The van der Waals surface area contributed by atoms with Gasteiger partial charge in [0.15, 0.2) is 0 Å². The van der Waals surface area contributed by atoms with Gasteiger partial charge in [-0.15, -0.1) is 0 Å². The second kappa shape index (κ2) is 5.00. The lowest BCUT2D eigenvalue weighted by molar-refractivity contribution is -0.144. The summed E-state index contributed by atoms with van der Waals surface area (Å²) in [5.41, 5.74) is 0.256. The van der Waals surface area contributed by atoms with E-state index in [0.717, 1.165) is 25.7 Å². The zero-order chi connectivity index (χ0) is 11.5. The van der Waals surface area contributed by atoms with Crippen molar-refractivity contribution in [3.05, 3.63) is 0 Å². The Bertz CT molecular complexity index is 209. The molecule has 1 unspecified atom stereocenters. The van der Waals surface area contributed by atoms with E-state index < -0.39 is 5.97 Å². The first-order valence-corrected chi connectivity index (χ1v) is 6.13. The van der Waals surface area contributed by atoms with Crippen LogP contribution in [0.3, 0.4) is 0 Å². The van der Waals surface area contributed by atoms with Crippen molar-refractivity contribution in [3.63, 3.8) is 0 Å². The molecule has 88 valence electrons. The molecule has 0 radical (unpaired) electrons. The molecular formula is C13H24O2. The maximum atomic E-state index is 11.2. The fourth-order valence-corrected chi connectivity index (χ4v) is 2.51. The third-order valence-corrected chi connectivity index (χ3v) is 3.49. The minimum absolute atomic E-state index is 0.0910. The van der Waals surface area contributed by atoms with Gasteiger partial charge in [0.25, 0.3) is 0 Å². The van der Waals surface area contributed by atoms with Gasteiger partial charge in [-0.2, -0.15) is 0 Å². The molecule has 1 aliphatic carbocycles. The summed E-state index contributed by atoms with van der Waals surface area (Å²) in [5.74, 6) is -0.220. The van der Waals surface area contributed by atoms with Crippen molar-refractivity contribution >= 4 is 5.97 Å². The molecule has 15 heavy (non-hydrogen) atoms. The maximum absolute atomic E-state index is 11.2. The standard InChI is InChI=1S/C13H24O2/c1-13(2,3)9-8-11(12(14)15)10-6-4-5-7-10/h10-11H,4-9H2,1-3H3,(H,14,15). The van der Waals surface area contributed by atoms with E-state index in [1.54, 1.807) is 0 Å². The van der Waals surface area contributed by atoms with Crippen molar-refractivity contribution in [2.45, 2.75) is 59.3 Å². The third kappa shape index (κ3) is 4.23. The first-order chi connectivity index (χ1) is 6.90. The van der Waals surface area contributed by atoms with Crippen molar-refractivity contribution in [2.75, 3.05) is 0 Å². The normalized spacial score (nSPS) is 20.5. The molecule has 0 saturated heterocycles. The van der Waals surface area contributed by atoms with E-state index in [2.05, 4.69) is 20.8 Å². The lowest BCUT2D eigenvalue weighted by Crippen LogP contribution is -2.23. The number of carbonyl (C=O) groups is 1. The molecule has 0 aromatic carbocycles. The fraction of sp³-hybridized carbons (Fsp3) is 0.923. The number of aliphatic carboxylic acids is 1. The van der Waals surface area contributed by atoms with E-state index in [0.29, 0.717) is 5.92 Å². The van der Waals surface area contributed by atoms with Gasteiger partial charge in [0.2, 0.25) is 0 Å². The number of rotatable bonds is 4. The Hall–Kier alpha value is -0.530. The topological polar surface area (TPSA) is 37.3 Å². The summed E-state index contributed by atoms with van der Waals surface area (Å²) in [6, 6.07) is 0. The molecule has 0 aromatic rings. The number of hydrogen-bond acceptors (Lipinski definition) is 1. The molecule has 1 rings (SSSR count). The maximum Gasteiger partial charge on any atom is 0.306 e. The average molecular weight is 212 g/mol. The van der Waals surface area contributed by atoms with Gasteiger partial charge in [-0.25, -0.2) is 0 Å². The summed E-state index contributed by atoms with van der Waals surface area (Å²) in [4.78, 5) is 11.2. The van der Waals surface area contributed by atoms with E-state index in [4.69, 9.17) is 0 Å². The average Bonchev–Trinajstić information content (AvgIpc) is 2.54. The lowest BCUT2D eigenvalue weighted by atomic mass is 9.81. The monoisotopic (exact) mass is 212 g/mol. The highest BCUT2D eigenvalue weighted by molar-refractivity contribution is 5.70. The van der Waals surface area contributed by atoms with Gasteiger partial charge >= 0.3 is 5.97 Å².